The Bertz CT molecular complexity index is 689. The Kier molecular flexibility index (Phi) is 4.41. The fourth-order valence-electron chi connectivity index (χ4n) is 2.22. The van der Waals surface area contributed by atoms with E-state index in [0.29, 0.717) is 12.0 Å². The van der Waals surface area contributed by atoms with Crippen LogP contribution >= 0.6 is 0 Å². The highest BCUT2D eigenvalue weighted by Gasteiger charge is 2.36. The van der Waals surface area contributed by atoms with Crippen LogP contribution in [0.2, 0.25) is 0 Å². The Balaban J connectivity index is 2.28. The third-order valence-corrected chi connectivity index (χ3v) is 3.26. The largest absolute Gasteiger partial charge is 0.356 e. The van der Waals surface area contributed by atoms with Gasteiger partial charge in [-0.15, -0.1) is 0 Å². The first-order chi connectivity index (χ1) is 10.1. The molecule has 0 radical (unpaired) electrons. The Morgan fingerprint density at radius 1 is 1.67 bits per heavy atom. The van der Waals surface area contributed by atoms with Gasteiger partial charge in [0.1, 0.15) is 6.23 Å². The lowest BCUT2D eigenvalue weighted by Crippen LogP contribution is -2.34. The second-order valence-corrected chi connectivity index (χ2v) is 4.64. The van der Waals surface area contributed by atoms with E-state index in [1.165, 1.54) is 10.8 Å². The molecule has 21 heavy (non-hydrogen) atoms. The fourth-order valence-corrected chi connectivity index (χ4v) is 2.22. The number of azide groups is 1. The minimum Gasteiger partial charge on any atom is -0.356 e. The number of rotatable bonds is 5. The molecule has 1 aliphatic heterocycles. The molecule has 1 aromatic rings. The monoisotopic (exact) mass is 294 g/mol. The van der Waals surface area contributed by atoms with E-state index in [2.05, 4.69) is 20.3 Å². The molecular formula is C11H14N6O4. The number of aromatic nitrogens is 2. The molecule has 10 heteroatoms. The summed E-state index contributed by atoms with van der Waals surface area (Å²) in [6, 6.07) is -0.508. The van der Waals surface area contributed by atoms with Crippen LogP contribution in [0.1, 0.15) is 18.2 Å². The van der Waals surface area contributed by atoms with Crippen LogP contribution in [0.4, 0.5) is 0 Å². The standard InChI is InChI=1S/C11H14N6O4/c1-6-4-17(11(20)14-10(6)19)9-2-7(15-16-12)8(21-9)3-13-5-18/h4-5,7-9H,2-3H2,1H3,(H,13,18)(H,14,19,20)/t7?,8-,9-/m1/s1. The molecule has 2 rings (SSSR count). The first kappa shape index (κ1) is 14.8. The molecule has 0 bridgehead atoms. The minimum atomic E-state index is -0.665. The van der Waals surface area contributed by atoms with Gasteiger partial charge < -0.3 is 10.1 Å². The molecule has 112 valence electrons. The summed E-state index contributed by atoms with van der Waals surface area (Å²) in [5.41, 5.74) is 7.87. The van der Waals surface area contributed by atoms with E-state index < -0.39 is 29.6 Å². The van der Waals surface area contributed by atoms with Crippen molar-refractivity contribution in [3.8, 4) is 0 Å². The van der Waals surface area contributed by atoms with E-state index in [0.717, 1.165) is 0 Å². The van der Waals surface area contributed by atoms with E-state index in [9.17, 15) is 14.4 Å². The Morgan fingerprint density at radius 3 is 3.10 bits per heavy atom. The Labute approximate surface area is 118 Å². The van der Waals surface area contributed by atoms with Gasteiger partial charge in [0.05, 0.1) is 12.1 Å². The predicted molar refractivity (Wildman–Crippen MR) is 71.6 cm³/mol. The van der Waals surface area contributed by atoms with E-state index >= 15 is 0 Å². The minimum absolute atomic E-state index is 0.167. The van der Waals surface area contributed by atoms with Crippen LogP contribution in [-0.2, 0) is 9.53 Å². The highest BCUT2D eigenvalue weighted by molar-refractivity contribution is 5.45. The fraction of sp³-hybridized carbons (Fsp3) is 0.545. The van der Waals surface area contributed by atoms with E-state index in [4.69, 9.17) is 10.3 Å². The van der Waals surface area contributed by atoms with Gasteiger partial charge in [-0.2, -0.15) is 0 Å². The van der Waals surface area contributed by atoms with Crippen LogP contribution in [0.3, 0.4) is 0 Å². The van der Waals surface area contributed by atoms with E-state index in [1.54, 1.807) is 6.92 Å². The van der Waals surface area contributed by atoms with Crippen molar-refractivity contribution in [2.24, 2.45) is 5.11 Å². The lowest BCUT2D eigenvalue weighted by Gasteiger charge is -2.16. The molecule has 0 aliphatic carbocycles. The summed E-state index contributed by atoms with van der Waals surface area (Å²) >= 11 is 0. The average Bonchev–Trinajstić information content (AvgIpc) is 2.84. The van der Waals surface area contributed by atoms with Crippen molar-refractivity contribution in [1.82, 2.24) is 14.9 Å². The topological polar surface area (TPSA) is 142 Å². The van der Waals surface area contributed by atoms with Crippen LogP contribution in [-0.4, -0.2) is 34.7 Å². The van der Waals surface area contributed by atoms with Gasteiger partial charge in [0.2, 0.25) is 6.41 Å². The van der Waals surface area contributed by atoms with Crippen molar-refractivity contribution >= 4 is 6.41 Å². The van der Waals surface area contributed by atoms with Crippen LogP contribution in [0.5, 0.6) is 0 Å². The van der Waals surface area contributed by atoms with Crippen LogP contribution in [0.25, 0.3) is 10.4 Å². The highest BCUT2D eigenvalue weighted by atomic mass is 16.5. The summed E-state index contributed by atoms with van der Waals surface area (Å²) < 4.78 is 6.89. The maximum absolute atomic E-state index is 11.8. The zero-order valence-corrected chi connectivity index (χ0v) is 11.2. The summed E-state index contributed by atoms with van der Waals surface area (Å²) in [5.74, 6) is 0. The second-order valence-electron chi connectivity index (χ2n) is 4.64. The molecule has 1 aromatic heterocycles. The molecule has 0 aromatic carbocycles. The molecule has 2 heterocycles. The van der Waals surface area contributed by atoms with Crippen LogP contribution in [0.15, 0.2) is 20.9 Å². The highest BCUT2D eigenvalue weighted by Crippen LogP contribution is 2.29. The van der Waals surface area contributed by atoms with Crippen LogP contribution < -0.4 is 16.6 Å². The number of hydrogen-bond donors (Lipinski definition) is 2. The molecule has 1 unspecified atom stereocenters. The second kappa shape index (κ2) is 6.25. The van der Waals surface area contributed by atoms with Crippen molar-refractivity contribution < 1.29 is 9.53 Å². The van der Waals surface area contributed by atoms with Gasteiger partial charge in [0, 0.05) is 29.6 Å². The van der Waals surface area contributed by atoms with Crippen molar-refractivity contribution in [2.75, 3.05) is 6.54 Å². The number of H-pyrrole nitrogens is 1. The smallest absolute Gasteiger partial charge is 0.330 e. The number of carbonyl (C=O) groups excluding carboxylic acids is 1. The number of nitrogens with one attached hydrogen (secondary N) is 2. The summed E-state index contributed by atoms with van der Waals surface area (Å²) in [5, 5.41) is 6.07. The summed E-state index contributed by atoms with van der Waals surface area (Å²) in [7, 11) is 0. The van der Waals surface area contributed by atoms with Gasteiger partial charge in [-0.3, -0.25) is 19.1 Å². The summed E-state index contributed by atoms with van der Waals surface area (Å²) in [6.07, 6.45) is 0.993. The van der Waals surface area contributed by atoms with Gasteiger partial charge in [-0.1, -0.05) is 5.11 Å². The van der Waals surface area contributed by atoms with E-state index in [-0.39, 0.29) is 13.0 Å². The molecule has 0 saturated carbocycles. The summed E-state index contributed by atoms with van der Waals surface area (Å²) in [4.78, 5) is 38.4. The molecule has 1 fully saturated rings. The molecule has 1 saturated heterocycles. The average molecular weight is 294 g/mol. The lowest BCUT2D eigenvalue weighted by atomic mass is 10.1. The van der Waals surface area contributed by atoms with Gasteiger partial charge in [-0.05, 0) is 12.5 Å². The number of aryl methyl sites for hydroxylation is 1. The third kappa shape index (κ3) is 3.12. The van der Waals surface area contributed by atoms with Crippen molar-refractivity contribution in [2.45, 2.75) is 31.7 Å². The number of nitrogens with zero attached hydrogens (tertiary/aromatic N) is 4. The maximum Gasteiger partial charge on any atom is 0.330 e. The van der Waals surface area contributed by atoms with Crippen molar-refractivity contribution in [1.29, 1.82) is 0 Å². The number of aromatic amines is 1. The molecule has 3 atom stereocenters. The van der Waals surface area contributed by atoms with E-state index in [1.807, 2.05) is 0 Å². The molecule has 10 nitrogen and oxygen atoms in total. The zero-order chi connectivity index (χ0) is 15.4. The quantitative estimate of drug-likeness (QED) is 0.328. The number of hydrogen-bond acceptors (Lipinski definition) is 5. The maximum atomic E-state index is 11.8. The molecule has 0 spiro atoms. The number of carbonyl (C=O) groups is 1. The third-order valence-electron chi connectivity index (χ3n) is 3.26. The van der Waals surface area contributed by atoms with Gasteiger partial charge in [0.15, 0.2) is 0 Å². The predicted octanol–water partition coefficient (Wildman–Crippen LogP) is -0.443. The summed E-state index contributed by atoms with van der Waals surface area (Å²) in [6.45, 7) is 1.74. The van der Waals surface area contributed by atoms with Gasteiger partial charge in [0.25, 0.3) is 5.56 Å². The van der Waals surface area contributed by atoms with Gasteiger partial charge in [-0.25, -0.2) is 4.79 Å². The Hall–Kier alpha value is -2.58. The van der Waals surface area contributed by atoms with Crippen LogP contribution in [0, 0.1) is 6.92 Å². The van der Waals surface area contributed by atoms with Gasteiger partial charge >= 0.3 is 5.69 Å². The molecular weight excluding hydrogens is 280 g/mol. The number of ether oxygens (including phenoxy) is 1. The molecule has 1 amide bonds. The normalized spacial score (nSPS) is 24.3. The number of amides is 1. The van der Waals surface area contributed by atoms with Crippen molar-refractivity contribution in [3.05, 3.63) is 43.0 Å². The molecule has 1 aliphatic rings. The SMILES string of the molecule is Cc1cn([C@H]2CC(N=[N+]=[N-])[C@@H](CNC=O)O2)c(=O)[nH]c1=O. The first-order valence-electron chi connectivity index (χ1n) is 6.25. The zero-order valence-electron chi connectivity index (χ0n) is 11.2. The van der Waals surface area contributed by atoms with Crippen molar-refractivity contribution in [3.63, 3.8) is 0 Å². The first-order valence-corrected chi connectivity index (χ1v) is 6.25. The molecule has 2 N–H and O–H groups in total. The Morgan fingerprint density at radius 2 is 2.43 bits per heavy atom. The lowest BCUT2D eigenvalue weighted by molar-refractivity contribution is -0.110.